The molecule has 0 saturated carbocycles. The summed E-state index contributed by atoms with van der Waals surface area (Å²) >= 11 is 0. The molecule has 15 heavy (non-hydrogen) atoms. The highest BCUT2D eigenvalue weighted by Gasteiger charge is 2.16. The number of fused-ring (bicyclic) bond motifs is 1. The fourth-order valence-corrected chi connectivity index (χ4v) is 2.25. The van der Waals surface area contributed by atoms with E-state index in [1.807, 2.05) is 0 Å². The van der Waals surface area contributed by atoms with Crippen molar-refractivity contribution in [1.82, 2.24) is 0 Å². The molecule has 82 valence electrons. The quantitative estimate of drug-likeness (QED) is 0.767. The number of benzene rings is 1. The fraction of sp³-hybridized carbons (Fsp3) is 0.571. The van der Waals surface area contributed by atoms with Gasteiger partial charge in [0.15, 0.2) is 0 Å². The molecular formula is C14H21N. The molecule has 0 amide bonds. The van der Waals surface area contributed by atoms with Crippen molar-refractivity contribution in [2.24, 2.45) is 0 Å². The standard InChI is InChI=1S/C14H21N/c1-4-13-7-5-12-9-11(10(2)3)6-8-14(12)15-13/h6,8-10,13,15H,4-5,7H2,1-3H3. The lowest BCUT2D eigenvalue weighted by atomic mass is 9.92. The number of aryl methyl sites for hydroxylation is 1. The Morgan fingerprint density at radius 2 is 2.20 bits per heavy atom. The Balaban J connectivity index is 2.24. The minimum absolute atomic E-state index is 0.638. The molecule has 1 aliphatic rings. The van der Waals surface area contributed by atoms with E-state index in [0.717, 1.165) is 0 Å². The Morgan fingerprint density at radius 1 is 1.40 bits per heavy atom. The Kier molecular flexibility index (Phi) is 2.99. The molecule has 0 fully saturated rings. The van der Waals surface area contributed by atoms with Gasteiger partial charge in [-0.1, -0.05) is 32.9 Å². The molecule has 1 heterocycles. The number of rotatable bonds is 2. The Labute approximate surface area is 92.9 Å². The summed E-state index contributed by atoms with van der Waals surface area (Å²) in [6, 6.07) is 7.57. The van der Waals surface area contributed by atoms with Crippen LogP contribution in [0.15, 0.2) is 18.2 Å². The van der Waals surface area contributed by atoms with E-state index in [1.165, 1.54) is 36.1 Å². The van der Waals surface area contributed by atoms with Crippen LogP contribution < -0.4 is 5.32 Å². The fourth-order valence-electron chi connectivity index (χ4n) is 2.25. The van der Waals surface area contributed by atoms with E-state index in [9.17, 15) is 0 Å². The molecule has 0 saturated heterocycles. The number of nitrogens with one attached hydrogen (secondary N) is 1. The van der Waals surface area contributed by atoms with Crippen LogP contribution >= 0.6 is 0 Å². The van der Waals surface area contributed by atoms with Gasteiger partial charge in [-0.3, -0.25) is 0 Å². The largest absolute Gasteiger partial charge is 0.382 e. The zero-order valence-electron chi connectivity index (χ0n) is 10.0. The minimum atomic E-state index is 0.638. The van der Waals surface area contributed by atoms with Crippen molar-refractivity contribution < 1.29 is 0 Å². The second-order valence-electron chi connectivity index (χ2n) is 4.86. The van der Waals surface area contributed by atoms with Gasteiger partial charge in [0.25, 0.3) is 0 Å². The summed E-state index contributed by atoms with van der Waals surface area (Å²) in [5.74, 6) is 0.638. The van der Waals surface area contributed by atoms with Crippen molar-refractivity contribution in [2.75, 3.05) is 5.32 Å². The molecule has 0 aliphatic carbocycles. The van der Waals surface area contributed by atoms with Crippen LogP contribution in [0.2, 0.25) is 0 Å². The molecule has 0 aromatic heterocycles. The lowest BCUT2D eigenvalue weighted by Gasteiger charge is -2.27. The van der Waals surface area contributed by atoms with Gasteiger partial charge in [0.05, 0.1) is 0 Å². The van der Waals surface area contributed by atoms with E-state index >= 15 is 0 Å². The monoisotopic (exact) mass is 203 g/mol. The van der Waals surface area contributed by atoms with Crippen LogP contribution in [0.5, 0.6) is 0 Å². The van der Waals surface area contributed by atoms with E-state index < -0.39 is 0 Å². The number of anilines is 1. The van der Waals surface area contributed by atoms with Gasteiger partial charge >= 0.3 is 0 Å². The normalized spacial score (nSPS) is 19.9. The maximum Gasteiger partial charge on any atom is 0.0375 e. The maximum absolute atomic E-state index is 3.61. The Hall–Kier alpha value is -0.980. The van der Waals surface area contributed by atoms with Gasteiger partial charge in [-0.05, 0) is 42.4 Å². The highest BCUT2D eigenvalue weighted by Crippen LogP contribution is 2.28. The Bertz CT molecular complexity index is 341. The van der Waals surface area contributed by atoms with Gasteiger partial charge in [-0.2, -0.15) is 0 Å². The number of hydrogen-bond donors (Lipinski definition) is 1. The summed E-state index contributed by atoms with van der Waals surface area (Å²) in [5.41, 5.74) is 4.33. The van der Waals surface area contributed by atoms with Crippen LogP contribution in [0, 0.1) is 0 Å². The molecule has 1 aromatic rings. The van der Waals surface area contributed by atoms with Gasteiger partial charge < -0.3 is 5.32 Å². The molecule has 0 spiro atoms. The average molecular weight is 203 g/mol. The second kappa shape index (κ2) is 4.26. The van der Waals surface area contributed by atoms with Gasteiger partial charge in [0.1, 0.15) is 0 Å². The van der Waals surface area contributed by atoms with Crippen molar-refractivity contribution in [2.45, 2.75) is 52.0 Å². The summed E-state index contributed by atoms with van der Waals surface area (Å²) in [6.45, 7) is 6.77. The van der Waals surface area contributed by atoms with Crippen LogP contribution in [0.25, 0.3) is 0 Å². The van der Waals surface area contributed by atoms with E-state index in [0.29, 0.717) is 12.0 Å². The molecule has 2 rings (SSSR count). The average Bonchev–Trinajstić information content (AvgIpc) is 2.27. The molecule has 0 bridgehead atoms. The third-order valence-corrected chi connectivity index (χ3v) is 3.41. The topological polar surface area (TPSA) is 12.0 Å². The van der Waals surface area contributed by atoms with E-state index in [1.54, 1.807) is 0 Å². The SMILES string of the molecule is CCC1CCc2cc(C(C)C)ccc2N1. The summed E-state index contributed by atoms with van der Waals surface area (Å²) < 4.78 is 0. The summed E-state index contributed by atoms with van der Waals surface area (Å²) in [6.07, 6.45) is 3.75. The van der Waals surface area contributed by atoms with Crippen molar-refractivity contribution in [3.8, 4) is 0 Å². The molecule has 1 nitrogen and oxygen atoms in total. The van der Waals surface area contributed by atoms with Crippen molar-refractivity contribution in [3.63, 3.8) is 0 Å². The van der Waals surface area contributed by atoms with Crippen LogP contribution in [-0.4, -0.2) is 6.04 Å². The first-order valence-electron chi connectivity index (χ1n) is 6.10. The zero-order valence-corrected chi connectivity index (χ0v) is 10.0. The van der Waals surface area contributed by atoms with Gasteiger partial charge in [0.2, 0.25) is 0 Å². The molecule has 1 unspecified atom stereocenters. The molecule has 1 N–H and O–H groups in total. The lowest BCUT2D eigenvalue weighted by molar-refractivity contribution is 0.613. The van der Waals surface area contributed by atoms with E-state index in [2.05, 4.69) is 44.3 Å². The smallest absolute Gasteiger partial charge is 0.0375 e. The van der Waals surface area contributed by atoms with Crippen molar-refractivity contribution in [3.05, 3.63) is 29.3 Å². The molecule has 1 aliphatic heterocycles. The second-order valence-corrected chi connectivity index (χ2v) is 4.86. The lowest BCUT2D eigenvalue weighted by Crippen LogP contribution is -2.24. The Morgan fingerprint density at radius 3 is 2.87 bits per heavy atom. The van der Waals surface area contributed by atoms with Gasteiger partial charge in [-0.25, -0.2) is 0 Å². The third kappa shape index (κ3) is 2.17. The first-order valence-corrected chi connectivity index (χ1v) is 6.10. The molecule has 0 radical (unpaired) electrons. The zero-order chi connectivity index (χ0) is 10.8. The number of hydrogen-bond acceptors (Lipinski definition) is 1. The van der Waals surface area contributed by atoms with Crippen LogP contribution in [0.4, 0.5) is 5.69 Å². The molecule has 1 heteroatoms. The molecule has 1 atom stereocenters. The molecule has 1 aromatic carbocycles. The first-order chi connectivity index (χ1) is 7.20. The molecular weight excluding hydrogens is 182 g/mol. The third-order valence-electron chi connectivity index (χ3n) is 3.41. The van der Waals surface area contributed by atoms with E-state index in [4.69, 9.17) is 0 Å². The summed E-state index contributed by atoms with van der Waals surface area (Å²) in [7, 11) is 0. The highest BCUT2D eigenvalue weighted by molar-refractivity contribution is 5.55. The predicted molar refractivity (Wildman–Crippen MR) is 66.6 cm³/mol. The van der Waals surface area contributed by atoms with Crippen LogP contribution in [0.3, 0.4) is 0 Å². The predicted octanol–water partition coefficient (Wildman–Crippen LogP) is 3.95. The van der Waals surface area contributed by atoms with Crippen LogP contribution in [-0.2, 0) is 6.42 Å². The van der Waals surface area contributed by atoms with Gasteiger partial charge in [0, 0.05) is 11.7 Å². The summed E-state index contributed by atoms with van der Waals surface area (Å²) in [4.78, 5) is 0. The van der Waals surface area contributed by atoms with Crippen molar-refractivity contribution in [1.29, 1.82) is 0 Å². The highest BCUT2D eigenvalue weighted by atomic mass is 14.9. The van der Waals surface area contributed by atoms with Crippen molar-refractivity contribution >= 4 is 5.69 Å². The van der Waals surface area contributed by atoms with Gasteiger partial charge in [-0.15, -0.1) is 0 Å². The first kappa shape index (κ1) is 10.5. The minimum Gasteiger partial charge on any atom is -0.382 e. The maximum atomic E-state index is 3.61. The van der Waals surface area contributed by atoms with E-state index in [-0.39, 0.29) is 0 Å². The van der Waals surface area contributed by atoms with Crippen LogP contribution in [0.1, 0.15) is 50.7 Å². The summed E-state index contributed by atoms with van der Waals surface area (Å²) in [5, 5.41) is 3.61.